The fourth-order valence-electron chi connectivity index (χ4n) is 3.38. The Morgan fingerprint density at radius 2 is 1.97 bits per heavy atom. The van der Waals surface area contributed by atoms with Crippen LogP contribution in [0, 0.1) is 17.0 Å². The maximum atomic E-state index is 13.2. The summed E-state index contributed by atoms with van der Waals surface area (Å²) in [5.41, 5.74) is 8.52. The molecule has 3 N–H and O–H groups in total. The number of nitrogens with two attached hydrogens (primary N) is 1. The first-order chi connectivity index (χ1) is 16.3. The molecule has 2 amide bonds. The standard InChI is InChI=1S/C22H17N5O5S2/c1-12-18(13-5-3-2-4-6-13)19-21(34-12)24-11-26(22(19)30)25-17(28)10-33-16-8-7-14(20(23)29)9-15(16)27(31)32/h2-9,11H,10H2,1H3,(H2,23,29)(H,25,28). The molecule has 4 aromatic rings. The maximum absolute atomic E-state index is 13.2. The first-order valence-electron chi connectivity index (χ1n) is 9.83. The van der Waals surface area contributed by atoms with Crippen LogP contribution in [0.4, 0.5) is 5.69 Å². The number of nitro groups is 1. The minimum atomic E-state index is -0.793. The van der Waals surface area contributed by atoms with Crippen molar-refractivity contribution in [3.05, 3.63) is 85.8 Å². The molecule has 0 aliphatic heterocycles. The molecule has 2 aromatic heterocycles. The van der Waals surface area contributed by atoms with Gasteiger partial charge in [0, 0.05) is 22.1 Å². The van der Waals surface area contributed by atoms with E-state index in [1.165, 1.54) is 29.8 Å². The van der Waals surface area contributed by atoms with Crippen LogP contribution in [0.3, 0.4) is 0 Å². The molecule has 4 rings (SSSR count). The van der Waals surface area contributed by atoms with E-state index < -0.39 is 22.3 Å². The molecule has 0 aliphatic carbocycles. The molecule has 2 heterocycles. The lowest BCUT2D eigenvalue weighted by Gasteiger charge is -2.09. The zero-order chi connectivity index (χ0) is 24.4. The zero-order valence-corrected chi connectivity index (χ0v) is 19.3. The number of hydrogen-bond donors (Lipinski definition) is 2. The van der Waals surface area contributed by atoms with Crippen LogP contribution in [0.15, 0.2) is 64.5 Å². The fourth-order valence-corrected chi connectivity index (χ4v) is 5.18. The van der Waals surface area contributed by atoms with Crippen molar-refractivity contribution in [2.24, 2.45) is 5.73 Å². The number of rotatable bonds is 7. The predicted octanol–water partition coefficient (Wildman–Crippen LogP) is 3.30. The number of hydrogen-bond acceptors (Lipinski definition) is 8. The van der Waals surface area contributed by atoms with Gasteiger partial charge in [0.15, 0.2) is 0 Å². The van der Waals surface area contributed by atoms with E-state index in [0.29, 0.717) is 10.2 Å². The van der Waals surface area contributed by atoms with Crippen molar-refractivity contribution in [3.8, 4) is 11.1 Å². The maximum Gasteiger partial charge on any atom is 0.283 e. The van der Waals surface area contributed by atoms with E-state index in [1.807, 2.05) is 37.3 Å². The third kappa shape index (κ3) is 4.54. The summed E-state index contributed by atoms with van der Waals surface area (Å²) in [5.74, 6) is -1.57. The van der Waals surface area contributed by atoms with Crippen LogP contribution in [-0.4, -0.2) is 32.2 Å². The number of amides is 2. The van der Waals surface area contributed by atoms with Gasteiger partial charge >= 0.3 is 0 Å². The highest BCUT2D eigenvalue weighted by molar-refractivity contribution is 8.00. The van der Waals surface area contributed by atoms with Crippen LogP contribution in [0.25, 0.3) is 21.3 Å². The van der Waals surface area contributed by atoms with E-state index in [9.17, 15) is 24.5 Å². The molecule has 172 valence electrons. The third-order valence-corrected chi connectivity index (χ3v) is 6.97. The first kappa shape index (κ1) is 23.1. The van der Waals surface area contributed by atoms with E-state index in [-0.39, 0.29) is 21.9 Å². The Morgan fingerprint density at radius 1 is 1.24 bits per heavy atom. The number of benzene rings is 2. The number of nitrogens with zero attached hydrogens (tertiary/aromatic N) is 3. The lowest BCUT2D eigenvalue weighted by Crippen LogP contribution is -2.34. The van der Waals surface area contributed by atoms with Gasteiger partial charge in [0.1, 0.15) is 11.2 Å². The van der Waals surface area contributed by atoms with Crippen LogP contribution >= 0.6 is 23.1 Å². The minimum Gasteiger partial charge on any atom is -0.366 e. The van der Waals surface area contributed by atoms with Crippen molar-refractivity contribution in [2.45, 2.75) is 11.8 Å². The molecule has 0 atom stereocenters. The molecule has 0 bridgehead atoms. The van der Waals surface area contributed by atoms with Crippen LogP contribution < -0.4 is 16.7 Å². The highest BCUT2D eigenvalue weighted by atomic mass is 32.2. The number of carbonyl (C=O) groups excluding carboxylic acids is 2. The van der Waals surface area contributed by atoms with Crippen molar-refractivity contribution in [1.29, 1.82) is 0 Å². The van der Waals surface area contributed by atoms with Crippen LogP contribution in [0.5, 0.6) is 0 Å². The van der Waals surface area contributed by atoms with Crippen molar-refractivity contribution >= 4 is 50.8 Å². The number of thiophene rings is 1. The topological polar surface area (TPSA) is 150 Å². The van der Waals surface area contributed by atoms with E-state index in [2.05, 4.69) is 10.4 Å². The number of primary amides is 1. The average molecular weight is 496 g/mol. The highest BCUT2D eigenvalue weighted by Gasteiger charge is 2.20. The normalized spacial score (nSPS) is 10.9. The van der Waals surface area contributed by atoms with Gasteiger partial charge in [-0.05, 0) is 24.6 Å². The Balaban J connectivity index is 1.58. The number of fused-ring (bicyclic) bond motifs is 1. The second kappa shape index (κ2) is 9.45. The zero-order valence-electron chi connectivity index (χ0n) is 17.7. The number of nitro benzene ring substituents is 1. The minimum absolute atomic E-state index is 0.00768. The summed E-state index contributed by atoms with van der Waals surface area (Å²) < 4.78 is 1.01. The van der Waals surface area contributed by atoms with Gasteiger partial charge < -0.3 is 5.73 Å². The van der Waals surface area contributed by atoms with Crippen molar-refractivity contribution < 1.29 is 14.5 Å². The molecular formula is C22H17N5O5S2. The second-order valence-electron chi connectivity index (χ2n) is 7.13. The molecule has 0 spiro atoms. The number of aromatic nitrogens is 2. The van der Waals surface area contributed by atoms with Gasteiger partial charge in [-0.15, -0.1) is 23.1 Å². The lowest BCUT2D eigenvalue weighted by molar-refractivity contribution is -0.387. The Hall–Kier alpha value is -4.03. The first-order valence-corrected chi connectivity index (χ1v) is 11.6. The average Bonchev–Trinajstić information content (AvgIpc) is 3.16. The summed E-state index contributed by atoms with van der Waals surface area (Å²) in [6.45, 7) is 1.91. The van der Waals surface area contributed by atoms with E-state index >= 15 is 0 Å². The molecule has 0 saturated carbocycles. The lowest BCUT2D eigenvalue weighted by atomic mass is 10.0. The Kier molecular flexibility index (Phi) is 6.43. The van der Waals surface area contributed by atoms with Crippen LogP contribution in [-0.2, 0) is 4.79 Å². The third-order valence-electron chi connectivity index (χ3n) is 4.90. The van der Waals surface area contributed by atoms with Gasteiger partial charge in [-0.3, -0.25) is 29.9 Å². The molecule has 0 saturated heterocycles. The molecule has 0 unspecified atom stereocenters. The highest BCUT2D eigenvalue weighted by Crippen LogP contribution is 2.35. The molecule has 0 aliphatic rings. The molecule has 0 radical (unpaired) electrons. The van der Waals surface area contributed by atoms with Gasteiger partial charge in [0.25, 0.3) is 11.2 Å². The van der Waals surface area contributed by atoms with Gasteiger partial charge in [-0.1, -0.05) is 30.3 Å². The number of thioether (sulfide) groups is 1. The molecule has 10 nitrogen and oxygen atoms in total. The van der Waals surface area contributed by atoms with Crippen molar-refractivity contribution in [1.82, 2.24) is 9.66 Å². The largest absolute Gasteiger partial charge is 0.366 e. The van der Waals surface area contributed by atoms with Gasteiger partial charge in [0.05, 0.1) is 21.0 Å². The molecule has 0 fully saturated rings. The number of nitrogens with one attached hydrogen (secondary N) is 1. The summed E-state index contributed by atoms with van der Waals surface area (Å²) in [6, 6.07) is 13.2. The summed E-state index contributed by atoms with van der Waals surface area (Å²) in [5, 5.41) is 11.7. The smallest absolute Gasteiger partial charge is 0.283 e. The van der Waals surface area contributed by atoms with Crippen molar-refractivity contribution in [3.63, 3.8) is 0 Å². The molecule has 2 aromatic carbocycles. The Bertz CT molecular complexity index is 1500. The van der Waals surface area contributed by atoms with E-state index in [4.69, 9.17) is 5.73 Å². The van der Waals surface area contributed by atoms with Crippen LogP contribution in [0.1, 0.15) is 15.2 Å². The molecule has 12 heteroatoms. The summed E-state index contributed by atoms with van der Waals surface area (Å²) in [6.07, 6.45) is 1.24. The summed E-state index contributed by atoms with van der Waals surface area (Å²) in [7, 11) is 0. The van der Waals surface area contributed by atoms with Crippen molar-refractivity contribution in [2.75, 3.05) is 11.2 Å². The van der Waals surface area contributed by atoms with E-state index in [1.54, 1.807) is 0 Å². The quantitative estimate of drug-likeness (QED) is 0.227. The number of aryl methyl sites for hydroxylation is 1. The van der Waals surface area contributed by atoms with Gasteiger partial charge in [0.2, 0.25) is 11.8 Å². The second-order valence-corrected chi connectivity index (χ2v) is 9.35. The molecular weight excluding hydrogens is 478 g/mol. The van der Waals surface area contributed by atoms with E-state index in [0.717, 1.165) is 38.5 Å². The van der Waals surface area contributed by atoms with Gasteiger partial charge in [-0.25, -0.2) is 9.66 Å². The summed E-state index contributed by atoms with van der Waals surface area (Å²) >= 11 is 2.29. The monoisotopic (exact) mass is 495 g/mol. The number of carbonyl (C=O) groups is 2. The Morgan fingerprint density at radius 3 is 2.65 bits per heavy atom. The summed E-state index contributed by atoms with van der Waals surface area (Å²) in [4.78, 5) is 53.7. The SMILES string of the molecule is Cc1sc2ncn(NC(=O)CSc3ccc(C(N)=O)cc3[N+](=O)[O-])c(=O)c2c1-c1ccccc1. The fraction of sp³-hybridized carbons (Fsp3) is 0.0909. The Labute approximate surface area is 200 Å². The van der Waals surface area contributed by atoms with Gasteiger partial charge in [-0.2, -0.15) is 0 Å². The van der Waals surface area contributed by atoms with Crippen LogP contribution in [0.2, 0.25) is 0 Å². The molecule has 34 heavy (non-hydrogen) atoms. The predicted molar refractivity (Wildman–Crippen MR) is 131 cm³/mol.